The second-order valence-electron chi connectivity index (χ2n) is 8.09. The Hall–Kier alpha value is -1.86. The van der Waals surface area contributed by atoms with E-state index in [1.165, 1.54) is 0 Å². The van der Waals surface area contributed by atoms with E-state index in [9.17, 15) is 4.79 Å². The van der Waals surface area contributed by atoms with E-state index in [2.05, 4.69) is 10.3 Å². The summed E-state index contributed by atoms with van der Waals surface area (Å²) < 4.78 is 17.1. The summed E-state index contributed by atoms with van der Waals surface area (Å²) in [5.74, 6) is 2.27. The van der Waals surface area contributed by atoms with Crippen molar-refractivity contribution in [1.29, 1.82) is 0 Å². The third-order valence-corrected chi connectivity index (χ3v) is 4.13. The van der Waals surface area contributed by atoms with Gasteiger partial charge in [0.25, 0.3) is 0 Å². The van der Waals surface area contributed by atoms with Crippen LogP contribution in [0.3, 0.4) is 0 Å². The third kappa shape index (κ3) is 5.31. The second-order valence-corrected chi connectivity index (χ2v) is 8.09. The van der Waals surface area contributed by atoms with Crippen LogP contribution in [-0.2, 0) is 14.0 Å². The lowest BCUT2D eigenvalue weighted by Crippen LogP contribution is -2.41. The monoisotopic (exact) mass is 346 g/mol. The van der Waals surface area contributed by atoms with Crippen LogP contribution in [0.1, 0.15) is 54.0 Å². The van der Waals surface area contributed by atoms with Crippen molar-refractivity contribution in [2.24, 2.45) is 0 Å². The highest BCUT2D eigenvalue weighted by Gasteiger charge is 2.49. The predicted molar refractivity (Wildman–Crippen MR) is 99.2 cm³/mol. The summed E-state index contributed by atoms with van der Waals surface area (Å²) in [6.07, 6.45) is 2.97. The van der Waals surface area contributed by atoms with Crippen molar-refractivity contribution in [3.8, 4) is 0 Å². The number of ether oxygens (including phenoxy) is 1. The largest absolute Gasteiger partial charge is 0.487 e. The molecular formula is C18H27BN2O4. The molecule has 0 aromatic carbocycles. The molecule has 136 valence electrons. The van der Waals surface area contributed by atoms with Crippen molar-refractivity contribution in [3.63, 3.8) is 0 Å². The normalized spacial score (nSPS) is 19.2. The fraction of sp³-hybridized carbons (Fsp3) is 0.556. The van der Waals surface area contributed by atoms with E-state index in [4.69, 9.17) is 14.0 Å². The number of nitrogens with zero attached hydrogens (tertiary/aromatic N) is 1. The Bertz CT molecular complexity index is 649. The Morgan fingerprint density at radius 3 is 2.40 bits per heavy atom. The molecule has 1 aromatic rings. The SMILES string of the molecule is CC(C)(C)OC(=O)Nc1cc(/C=C/B2OC(C)(C)C(C)(C)O2)ccn1. The van der Waals surface area contributed by atoms with E-state index >= 15 is 0 Å². The first kappa shape index (κ1) is 19.5. The summed E-state index contributed by atoms with van der Waals surface area (Å²) in [7, 11) is -0.416. The highest BCUT2D eigenvalue weighted by Crippen LogP contribution is 2.37. The van der Waals surface area contributed by atoms with E-state index in [0.29, 0.717) is 5.82 Å². The molecule has 2 rings (SSSR count). The lowest BCUT2D eigenvalue weighted by Gasteiger charge is -2.32. The molecule has 6 nitrogen and oxygen atoms in total. The van der Waals surface area contributed by atoms with Gasteiger partial charge in [-0.3, -0.25) is 5.32 Å². The number of hydrogen-bond acceptors (Lipinski definition) is 5. The zero-order valence-electron chi connectivity index (χ0n) is 16.0. The quantitative estimate of drug-likeness (QED) is 0.836. The summed E-state index contributed by atoms with van der Waals surface area (Å²) >= 11 is 0. The fourth-order valence-corrected chi connectivity index (χ4v) is 2.18. The number of rotatable bonds is 3. The van der Waals surface area contributed by atoms with Crippen LogP contribution in [0.5, 0.6) is 0 Å². The summed E-state index contributed by atoms with van der Waals surface area (Å²) in [5, 5.41) is 2.62. The molecule has 2 heterocycles. The van der Waals surface area contributed by atoms with Gasteiger partial charge in [0.2, 0.25) is 0 Å². The molecule has 1 aliphatic rings. The average molecular weight is 346 g/mol. The number of hydrogen-bond donors (Lipinski definition) is 1. The van der Waals surface area contributed by atoms with Crippen molar-refractivity contribution in [3.05, 3.63) is 29.9 Å². The molecule has 0 radical (unpaired) electrons. The molecule has 0 spiro atoms. The van der Waals surface area contributed by atoms with Crippen LogP contribution in [-0.4, -0.2) is 35.0 Å². The Labute approximate surface area is 150 Å². The zero-order chi connectivity index (χ0) is 18.9. The minimum Gasteiger partial charge on any atom is -0.444 e. The molecule has 1 aromatic heterocycles. The van der Waals surface area contributed by atoms with E-state index in [-0.39, 0.29) is 11.2 Å². The lowest BCUT2D eigenvalue weighted by atomic mass is 9.89. The summed E-state index contributed by atoms with van der Waals surface area (Å²) in [6.45, 7) is 13.5. The first-order valence-electron chi connectivity index (χ1n) is 8.38. The topological polar surface area (TPSA) is 69.7 Å². The first-order chi connectivity index (χ1) is 11.4. The Kier molecular flexibility index (Phi) is 5.30. The molecule has 7 heteroatoms. The highest BCUT2D eigenvalue weighted by molar-refractivity contribution is 6.52. The van der Waals surface area contributed by atoms with Crippen LogP contribution in [0.2, 0.25) is 0 Å². The van der Waals surface area contributed by atoms with Crippen molar-refractivity contribution >= 4 is 25.1 Å². The number of nitrogens with one attached hydrogen (secondary N) is 1. The minimum atomic E-state index is -0.557. The van der Waals surface area contributed by atoms with E-state index < -0.39 is 18.8 Å². The van der Waals surface area contributed by atoms with Crippen LogP contribution >= 0.6 is 0 Å². The highest BCUT2D eigenvalue weighted by atomic mass is 16.7. The van der Waals surface area contributed by atoms with Crippen molar-refractivity contribution in [2.45, 2.75) is 65.3 Å². The number of aromatic nitrogens is 1. The maximum atomic E-state index is 11.8. The summed E-state index contributed by atoms with van der Waals surface area (Å²) in [5.41, 5.74) is -0.429. The van der Waals surface area contributed by atoms with Gasteiger partial charge in [0.1, 0.15) is 11.4 Å². The van der Waals surface area contributed by atoms with Gasteiger partial charge in [-0.25, -0.2) is 9.78 Å². The number of anilines is 1. The van der Waals surface area contributed by atoms with Crippen LogP contribution in [0.15, 0.2) is 24.3 Å². The van der Waals surface area contributed by atoms with Gasteiger partial charge >= 0.3 is 13.2 Å². The molecular weight excluding hydrogens is 319 g/mol. The fourth-order valence-electron chi connectivity index (χ4n) is 2.18. The van der Waals surface area contributed by atoms with Gasteiger partial charge in [0.15, 0.2) is 0 Å². The molecule has 0 unspecified atom stereocenters. The molecule has 1 fully saturated rings. The molecule has 0 saturated carbocycles. The second kappa shape index (κ2) is 6.80. The molecule has 0 aliphatic carbocycles. The van der Waals surface area contributed by atoms with E-state index in [1.54, 1.807) is 12.3 Å². The van der Waals surface area contributed by atoms with E-state index in [0.717, 1.165) is 5.56 Å². The molecule has 0 bridgehead atoms. The smallest absolute Gasteiger partial charge is 0.444 e. The molecule has 0 atom stereocenters. The standard InChI is InChI=1S/C18H27BN2O4/c1-16(2,3)23-15(22)21-14-12-13(9-11-20-14)8-10-19-24-17(4,5)18(6,7)25-19/h8-12H,1-7H3,(H,20,21,22)/b10-8+. The van der Waals surface area contributed by atoms with Crippen LogP contribution in [0, 0.1) is 0 Å². The van der Waals surface area contributed by atoms with Crippen LogP contribution < -0.4 is 5.32 Å². The molecule has 1 N–H and O–H groups in total. The number of carbonyl (C=O) groups excluding carboxylic acids is 1. The number of pyridine rings is 1. The number of carbonyl (C=O) groups is 1. The Morgan fingerprint density at radius 2 is 1.84 bits per heavy atom. The Morgan fingerprint density at radius 1 is 1.24 bits per heavy atom. The van der Waals surface area contributed by atoms with Gasteiger partial charge < -0.3 is 14.0 Å². The van der Waals surface area contributed by atoms with Gasteiger partial charge in [-0.05, 0) is 66.2 Å². The molecule has 1 saturated heterocycles. The van der Waals surface area contributed by atoms with Gasteiger partial charge in [0.05, 0.1) is 11.2 Å². The van der Waals surface area contributed by atoms with Crippen molar-refractivity contribution in [2.75, 3.05) is 5.32 Å². The Balaban J connectivity index is 2.01. The predicted octanol–water partition coefficient (Wildman–Crippen LogP) is 4.07. The van der Waals surface area contributed by atoms with Gasteiger partial charge in [-0.15, -0.1) is 0 Å². The molecule has 25 heavy (non-hydrogen) atoms. The summed E-state index contributed by atoms with van der Waals surface area (Å²) in [6, 6.07) is 3.59. The van der Waals surface area contributed by atoms with Crippen molar-refractivity contribution in [1.82, 2.24) is 4.98 Å². The summed E-state index contributed by atoms with van der Waals surface area (Å²) in [4.78, 5) is 15.9. The van der Waals surface area contributed by atoms with Crippen LogP contribution in [0.4, 0.5) is 10.6 Å². The van der Waals surface area contributed by atoms with Crippen molar-refractivity contribution < 1.29 is 18.8 Å². The lowest BCUT2D eigenvalue weighted by molar-refractivity contribution is 0.00578. The average Bonchev–Trinajstić information content (AvgIpc) is 2.63. The maximum Gasteiger partial charge on any atom is 0.487 e. The van der Waals surface area contributed by atoms with Crippen LogP contribution in [0.25, 0.3) is 6.08 Å². The molecule has 1 aliphatic heterocycles. The third-order valence-electron chi connectivity index (χ3n) is 4.13. The number of amides is 1. The van der Waals surface area contributed by atoms with E-state index in [1.807, 2.05) is 66.6 Å². The van der Waals surface area contributed by atoms with Gasteiger partial charge in [-0.1, -0.05) is 12.1 Å². The molecule has 1 amide bonds. The maximum absolute atomic E-state index is 11.8. The van der Waals surface area contributed by atoms with Gasteiger partial charge in [-0.2, -0.15) is 0 Å². The first-order valence-corrected chi connectivity index (χ1v) is 8.38. The minimum absolute atomic E-state index is 0.371. The zero-order valence-corrected chi connectivity index (χ0v) is 16.0. The van der Waals surface area contributed by atoms with Gasteiger partial charge in [0, 0.05) is 6.20 Å².